The van der Waals surface area contributed by atoms with Gasteiger partial charge in [0.2, 0.25) is 0 Å². The number of carboxylic acids is 2. The first-order chi connectivity index (χ1) is 34.3. The molecular formula is C62H114O10. The topological polar surface area (TPSA) is 146 Å². The van der Waals surface area contributed by atoms with Gasteiger partial charge in [-0.05, 0) is 113 Å². The molecule has 0 unspecified atom stereocenters. The van der Waals surface area contributed by atoms with Crippen LogP contribution in [0.25, 0.3) is 0 Å². The van der Waals surface area contributed by atoms with E-state index in [0.29, 0.717) is 33.8 Å². The second-order valence-electron chi connectivity index (χ2n) is 23.8. The Balaban J connectivity index is 0.00000127. The van der Waals surface area contributed by atoms with Crippen LogP contribution in [0.5, 0.6) is 0 Å². The van der Waals surface area contributed by atoms with Gasteiger partial charge in [0.15, 0.2) is 0 Å². The lowest BCUT2D eigenvalue weighted by Crippen LogP contribution is -2.25. The number of hydrogen-bond acceptors (Lipinski definition) is 8. The molecule has 0 saturated heterocycles. The summed E-state index contributed by atoms with van der Waals surface area (Å²) in [6, 6.07) is 0. The van der Waals surface area contributed by atoms with Crippen molar-refractivity contribution in [2.45, 2.75) is 300 Å². The van der Waals surface area contributed by atoms with Crippen LogP contribution in [0.4, 0.5) is 9.59 Å². The van der Waals surface area contributed by atoms with Crippen LogP contribution in [-0.4, -0.2) is 47.7 Å². The first-order valence-electron chi connectivity index (χ1n) is 29.8. The maximum absolute atomic E-state index is 11.5. The Hall–Kier alpha value is -3.04. The van der Waals surface area contributed by atoms with Crippen molar-refractivity contribution >= 4 is 24.2 Å². The quantitative estimate of drug-likeness (QED) is 0.0210. The van der Waals surface area contributed by atoms with Gasteiger partial charge in [-0.15, -0.1) is 0 Å². The van der Waals surface area contributed by atoms with Gasteiger partial charge in [-0.3, -0.25) is 0 Å². The largest absolute Gasteiger partial charge is 0.549 e. The van der Waals surface area contributed by atoms with E-state index in [1.54, 1.807) is 13.8 Å². The standard InChI is InChI=1S/C34H66O6.2C14H24O2/c1-3-5-7-9-11-13-15-17-19-21-23-25-27-29-31-37-33(35)39-40-34(36)38-32-30-28-26-24-22-20-18-16-14-12-10-8-6-4-2;2*1-10(13(15)16)9-11-5-7-12(8-6-11)14(2,3)4/h3-32H2,1-2H3;2*9,11-12H,5-8H2,1-4H3,(H,15,16). The third-order valence-electron chi connectivity index (χ3n) is 15.3. The lowest BCUT2D eigenvalue weighted by molar-refractivity contribution is -0.217. The fraction of sp³-hybridized carbons (Fsp3) is 0.871. The molecule has 10 heteroatoms. The second-order valence-corrected chi connectivity index (χ2v) is 23.8. The van der Waals surface area contributed by atoms with Crippen LogP contribution in [0, 0.1) is 34.5 Å². The molecule has 0 bridgehead atoms. The molecule has 0 atom stereocenters. The van der Waals surface area contributed by atoms with Crippen molar-refractivity contribution in [3.05, 3.63) is 23.3 Å². The highest BCUT2D eigenvalue weighted by Crippen LogP contribution is 2.41. The molecule has 2 rings (SSSR count). The van der Waals surface area contributed by atoms with Crippen molar-refractivity contribution in [2.24, 2.45) is 34.5 Å². The van der Waals surface area contributed by atoms with E-state index in [4.69, 9.17) is 19.7 Å². The van der Waals surface area contributed by atoms with Gasteiger partial charge >= 0.3 is 24.2 Å². The Morgan fingerprint density at radius 3 is 0.819 bits per heavy atom. The highest BCUT2D eigenvalue weighted by atomic mass is 17.3. The molecular weight excluding hydrogens is 905 g/mol. The summed E-state index contributed by atoms with van der Waals surface area (Å²) in [7, 11) is 0. The molecule has 0 radical (unpaired) electrons. The molecule has 0 amide bonds. The summed E-state index contributed by atoms with van der Waals surface area (Å²) >= 11 is 0. The highest BCUT2D eigenvalue weighted by Gasteiger charge is 2.30. The van der Waals surface area contributed by atoms with Crippen LogP contribution in [0.3, 0.4) is 0 Å². The molecule has 422 valence electrons. The van der Waals surface area contributed by atoms with Crippen molar-refractivity contribution in [1.29, 1.82) is 0 Å². The number of hydrogen-bond donors (Lipinski definition) is 2. The van der Waals surface area contributed by atoms with Crippen LogP contribution in [0.1, 0.15) is 300 Å². The number of allylic oxidation sites excluding steroid dienone is 2. The number of carboxylic acid groups (broad SMARTS) is 2. The lowest BCUT2D eigenvalue weighted by atomic mass is 9.69. The van der Waals surface area contributed by atoms with Crippen LogP contribution in [-0.2, 0) is 28.8 Å². The lowest BCUT2D eigenvalue weighted by Gasteiger charge is -2.36. The number of carbonyl (C=O) groups excluding carboxylic acids is 2. The average Bonchev–Trinajstić information content (AvgIpc) is 3.33. The highest BCUT2D eigenvalue weighted by molar-refractivity contribution is 5.86. The molecule has 2 saturated carbocycles. The van der Waals surface area contributed by atoms with E-state index in [1.807, 2.05) is 12.2 Å². The molecule has 2 N–H and O–H groups in total. The van der Waals surface area contributed by atoms with E-state index >= 15 is 0 Å². The molecule has 72 heavy (non-hydrogen) atoms. The van der Waals surface area contributed by atoms with Crippen LogP contribution < -0.4 is 0 Å². The smallest absolute Gasteiger partial charge is 0.478 e. The van der Waals surface area contributed by atoms with Crippen molar-refractivity contribution in [1.82, 2.24) is 0 Å². The van der Waals surface area contributed by atoms with Crippen LogP contribution in [0.2, 0.25) is 0 Å². The third-order valence-corrected chi connectivity index (χ3v) is 15.3. The number of unbranched alkanes of at least 4 members (excludes halogenated alkanes) is 26. The minimum Gasteiger partial charge on any atom is -0.478 e. The zero-order chi connectivity index (χ0) is 53.9. The molecule has 2 fully saturated rings. The van der Waals surface area contributed by atoms with Crippen molar-refractivity contribution in [2.75, 3.05) is 13.2 Å². The van der Waals surface area contributed by atoms with Gasteiger partial charge in [0.25, 0.3) is 0 Å². The molecule has 0 aromatic heterocycles. The summed E-state index contributed by atoms with van der Waals surface area (Å²) in [5.41, 5.74) is 1.80. The van der Waals surface area contributed by atoms with Gasteiger partial charge in [-0.25, -0.2) is 9.59 Å². The number of rotatable bonds is 34. The molecule has 0 aromatic rings. The third kappa shape index (κ3) is 41.3. The van der Waals surface area contributed by atoms with E-state index in [0.717, 1.165) is 76.0 Å². The number of aliphatic carboxylic acids is 2. The predicted octanol–water partition coefficient (Wildman–Crippen LogP) is 19.9. The predicted molar refractivity (Wildman–Crippen MR) is 298 cm³/mol. The molecule has 0 aromatic carbocycles. The van der Waals surface area contributed by atoms with Gasteiger partial charge in [0.05, 0.1) is 13.2 Å². The molecule has 2 aliphatic rings. The van der Waals surface area contributed by atoms with Crippen molar-refractivity contribution in [3.8, 4) is 0 Å². The van der Waals surface area contributed by atoms with E-state index in [-0.39, 0.29) is 13.2 Å². The van der Waals surface area contributed by atoms with Crippen molar-refractivity contribution in [3.63, 3.8) is 0 Å². The first-order valence-corrected chi connectivity index (χ1v) is 29.8. The molecule has 2 aliphatic carbocycles. The zero-order valence-electron chi connectivity index (χ0n) is 48.5. The average molecular weight is 1020 g/mol. The van der Waals surface area contributed by atoms with Gasteiger partial charge < -0.3 is 19.7 Å². The molecule has 0 spiro atoms. The Bertz CT molecular complexity index is 1300. The van der Waals surface area contributed by atoms with E-state index < -0.39 is 24.2 Å². The Labute approximate surface area is 442 Å². The minimum atomic E-state index is -0.997. The zero-order valence-corrected chi connectivity index (χ0v) is 48.5. The summed E-state index contributed by atoms with van der Waals surface area (Å²) in [5, 5.41) is 17.7. The summed E-state index contributed by atoms with van der Waals surface area (Å²) in [6.45, 7) is 22.3. The SMILES string of the molecule is CC(=CC1CCC(C(C)(C)C)CC1)C(=O)O.CC(=CC1CCC(C(C)(C)C)CC1)C(=O)O.CCCCCCCCCCCCCCCCOC(=O)OOC(=O)OCCCCCCCCCCCCCCCC. The Kier molecular flexibility index (Phi) is 42.4. The van der Waals surface area contributed by atoms with Gasteiger partial charge in [-0.2, -0.15) is 19.4 Å². The fourth-order valence-corrected chi connectivity index (χ4v) is 10.2. The van der Waals surface area contributed by atoms with Gasteiger partial charge in [0.1, 0.15) is 0 Å². The number of carbonyl (C=O) groups is 4. The Morgan fingerprint density at radius 1 is 0.389 bits per heavy atom. The first kappa shape index (κ1) is 69.0. The van der Waals surface area contributed by atoms with Gasteiger partial charge in [0, 0.05) is 11.1 Å². The molecule has 0 aliphatic heterocycles. The van der Waals surface area contributed by atoms with Crippen LogP contribution >= 0.6 is 0 Å². The van der Waals surface area contributed by atoms with E-state index in [2.05, 4.69) is 65.2 Å². The number of ether oxygens (including phenoxy) is 2. The maximum Gasteiger partial charge on any atom is 0.549 e. The maximum atomic E-state index is 11.5. The Morgan fingerprint density at radius 2 is 0.611 bits per heavy atom. The minimum absolute atomic E-state index is 0.272. The summed E-state index contributed by atoms with van der Waals surface area (Å²) in [4.78, 5) is 53.2. The molecule has 10 nitrogen and oxygen atoms in total. The van der Waals surface area contributed by atoms with E-state index in [9.17, 15) is 19.2 Å². The fourth-order valence-electron chi connectivity index (χ4n) is 10.2. The summed E-state index contributed by atoms with van der Waals surface area (Å²) in [6.07, 6.45) is 47.0. The summed E-state index contributed by atoms with van der Waals surface area (Å²) in [5.74, 6) is 0.991. The summed E-state index contributed by atoms with van der Waals surface area (Å²) < 4.78 is 9.87. The van der Waals surface area contributed by atoms with E-state index in [1.165, 1.54) is 167 Å². The monoisotopic (exact) mass is 1020 g/mol. The van der Waals surface area contributed by atoms with Crippen LogP contribution in [0.15, 0.2) is 23.3 Å². The van der Waals surface area contributed by atoms with Gasteiger partial charge in [-0.1, -0.05) is 234 Å². The molecule has 0 heterocycles. The second kappa shape index (κ2) is 44.3. The normalized spacial score (nSPS) is 18.5. The van der Waals surface area contributed by atoms with Crippen molar-refractivity contribution < 1.29 is 48.6 Å².